The summed E-state index contributed by atoms with van der Waals surface area (Å²) in [6, 6.07) is 24.7. The van der Waals surface area contributed by atoms with E-state index in [0.717, 1.165) is 58.6 Å². The molecule has 0 radical (unpaired) electrons. The molecule has 0 amide bonds. The minimum Gasteiger partial charge on any atom is -0.420 e. The molecule has 36 heavy (non-hydrogen) atoms. The predicted molar refractivity (Wildman–Crippen MR) is 142 cm³/mol. The zero-order valence-corrected chi connectivity index (χ0v) is 20.5. The SMILES string of the molecule is [C-]#[N+]c1ccc(-c2ccccc2)cc1-c1ccc(Cn2c(-c3nnc(C)o3)cnc2CCCC)cc1. The molecule has 0 unspecified atom stereocenters. The van der Waals surface area contributed by atoms with Crippen molar-refractivity contribution in [1.29, 1.82) is 0 Å². The second-order valence-electron chi connectivity index (χ2n) is 8.78. The third kappa shape index (κ3) is 4.82. The largest absolute Gasteiger partial charge is 0.420 e. The highest BCUT2D eigenvalue weighted by molar-refractivity contribution is 5.83. The standard InChI is InChI=1S/C30H27N5O/c1-4-5-11-29-32-19-28(30-34-33-21(2)36-30)35(29)20-22-12-14-24(15-13-22)26-18-25(16-17-27(26)31-3)23-9-7-6-8-10-23/h6-10,12-19H,4-5,11,20H2,1-2H3. The van der Waals surface area contributed by atoms with Gasteiger partial charge in [0, 0.05) is 19.9 Å². The molecule has 5 aromatic rings. The van der Waals surface area contributed by atoms with E-state index in [-0.39, 0.29) is 0 Å². The van der Waals surface area contributed by atoms with Crippen LogP contribution in [0.4, 0.5) is 5.69 Å². The number of aromatic nitrogens is 4. The topological polar surface area (TPSA) is 61.1 Å². The van der Waals surface area contributed by atoms with Gasteiger partial charge < -0.3 is 8.98 Å². The van der Waals surface area contributed by atoms with Gasteiger partial charge >= 0.3 is 0 Å². The lowest BCUT2D eigenvalue weighted by atomic mass is 9.97. The average molecular weight is 474 g/mol. The first kappa shape index (κ1) is 23.3. The van der Waals surface area contributed by atoms with Crippen LogP contribution in [0, 0.1) is 13.5 Å². The number of rotatable bonds is 8. The number of hydrogen-bond donors (Lipinski definition) is 0. The summed E-state index contributed by atoms with van der Waals surface area (Å²) in [4.78, 5) is 8.43. The van der Waals surface area contributed by atoms with Gasteiger partial charge in [-0.15, -0.1) is 10.2 Å². The molecule has 0 atom stereocenters. The average Bonchev–Trinajstić information content (AvgIpc) is 3.53. The first-order chi connectivity index (χ1) is 17.7. The van der Waals surface area contributed by atoms with E-state index in [1.165, 1.54) is 0 Å². The van der Waals surface area contributed by atoms with Gasteiger partial charge in [-0.2, -0.15) is 0 Å². The Labute approximate surface area is 211 Å². The number of aryl methyl sites for hydroxylation is 2. The van der Waals surface area contributed by atoms with Gasteiger partial charge in [-0.3, -0.25) is 0 Å². The third-order valence-electron chi connectivity index (χ3n) is 6.27. The maximum absolute atomic E-state index is 7.66. The van der Waals surface area contributed by atoms with Crippen LogP contribution in [0.2, 0.25) is 0 Å². The predicted octanol–water partition coefficient (Wildman–Crippen LogP) is 7.52. The van der Waals surface area contributed by atoms with Crippen molar-refractivity contribution in [1.82, 2.24) is 19.7 Å². The van der Waals surface area contributed by atoms with Crippen molar-refractivity contribution < 1.29 is 4.42 Å². The van der Waals surface area contributed by atoms with Crippen LogP contribution in [0.3, 0.4) is 0 Å². The second-order valence-corrected chi connectivity index (χ2v) is 8.78. The Morgan fingerprint density at radius 1 is 0.917 bits per heavy atom. The van der Waals surface area contributed by atoms with Crippen LogP contribution in [0.15, 0.2) is 83.4 Å². The smallest absolute Gasteiger partial charge is 0.265 e. The van der Waals surface area contributed by atoms with Gasteiger partial charge in [0.05, 0.1) is 12.8 Å². The summed E-state index contributed by atoms with van der Waals surface area (Å²) in [5, 5.41) is 8.20. The van der Waals surface area contributed by atoms with Gasteiger partial charge in [0.25, 0.3) is 5.89 Å². The van der Waals surface area contributed by atoms with Crippen LogP contribution in [-0.2, 0) is 13.0 Å². The summed E-state index contributed by atoms with van der Waals surface area (Å²) in [6.07, 6.45) is 4.88. The highest BCUT2D eigenvalue weighted by atomic mass is 16.4. The van der Waals surface area contributed by atoms with Crippen LogP contribution in [-0.4, -0.2) is 19.7 Å². The van der Waals surface area contributed by atoms with Crippen molar-refractivity contribution in [2.24, 2.45) is 0 Å². The minimum atomic E-state index is 0.485. The van der Waals surface area contributed by atoms with Crippen LogP contribution in [0.25, 0.3) is 38.7 Å². The number of unbranched alkanes of at least 4 members (excludes halogenated alkanes) is 1. The minimum absolute atomic E-state index is 0.485. The van der Waals surface area contributed by atoms with Gasteiger partial charge in [0.1, 0.15) is 11.5 Å². The molecule has 6 heteroatoms. The van der Waals surface area contributed by atoms with Crippen molar-refractivity contribution in [3.63, 3.8) is 0 Å². The summed E-state index contributed by atoms with van der Waals surface area (Å²) >= 11 is 0. The third-order valence-corrected chi connectivity index (χ3v) is 6.27. The fraction of sp³-hybridized carbons (Fsp3) is 0.200. The summed E-state index contributed by atoms with van der Waals surface area (Å²) < 4.78 is 7.87. The lowest BCUT2D eigenvalue weighted by molar-refractivity contribution is 0.526. The van der Waals surface area contributed by atoms with Crippen molar-refractivity contribution >= 4 is 5.69 Å². The summed E-state index contributed by atoms with van der Waals surface area (Å²) in [5.41, 5.74) is 6.80. The normalized spacial score (nSPS) is 10.9. The first-order valence-corrected chi connectivity index (χ1v) is 12.2. The number of benzene rings is 3. The van der Waals surface area contributed by atoms with Crippen LogP contribution in [0.1, 0.15) is 37.0 Å². The molecule has 0 aliphatic rings. The molecule has 2 aromatic heterocycles. The van der Waals surface area contributed by atoms with E-state index in [9.17, 15) is 0 Å². The molecule has 178 valence electrons. The zero-order chi connectivity index (χ0) is 24.9. The molecular weight excluding hydrogens is 446 g/mol. The fourth-order valence-corrected chi connectivity index (χ4v) is 4.34. The maximum Gasteiger partial charge on any atom is 0.265 e. The number of imidazole rings is 1. The Balaban J connectivity index is 1.46. The zero-order valence-electron chi connectivity index (χ0n) is 20.5. The summed E-state index contributed by atoms with van der Waals surface area (Å²) in [7, 11) is 0. The van der Waals surface area contributed by atoms with E-state index in [0.29, 0.717) is 24.0 Å². The molecule has 0 spiro atoms. The van der Waals surface area contributed by atoms with Gasteiger partial charge in [0.15, 0.2) is 5.69 Å². The lowest BCUT2D eigenvalue weighted by Gasteiger charge is -2.12. The monoisotopic (exact) mass is 473 g/mol. The molecule has 5 rings (SSSR count). The molecule has 3 aromatic carbocycles. The molecule has 0 N–H and O–H groups in total. The maximum atomic E-state index is 7.66. The van der Waals surface area contributed by atoms with E-state index in [2.05, 4.69) is 74.0 Å². The first-order valence-electron chi connectivity index (χ1n) is 12.2. The van der Waals surface area contributed by atoms with Gasteiger partial charge in [-0.25, -0.2) is 9.83 Å². The van der Waals surface area contributed by atoms with Crippen LogP contribution >= 0.6 is 0 Å². The van der Waals surface area contributed by atoms with Crippen LogP contribution < -0.4 is 0 Å². The van der Waals surface area contributed by atoms with Crippen molar-refractivity contribution in [3.8, 4) is 33.8 Å². The van der Waals surface area contributed by atoms with E-state index in [1.54, 1.807) is 6.92 Å². The Morgan fingerprint density at radius 2 is 1.69 bits per heavy atom. The van der Waals surface area contributed by atoms with E-state index >= 15 is 0 Å². The molecule has 0 aliphatic heterocycles. The van der Waals surface area contributed by atoms with Gasteiger partial charge in [0.2, 0.25) is 5.89 Å². The summed E-state index contributed by atoms with van der Waals surface area (Å²) in [6.45, 7) is 12.3. The Morgan fingerprint density at radius 3 is 2.39 bits per heavy atom. The lowest BCUT2D eigenvalue weighted by Crippen LogP contribution is -2.07. The molecule has 0 aliphatic carbocycles. The molecular formula is C30H27N5O. The summed E-state index contributed by atoms with van der Waals surface area (Å²) in [5.74, 6) is 2.03. The molecule has 0 saturated carbocycles. The second kappa shape index (κ2) is 10.4. The Hall–Kier alpha value is -4.50. The van der Waals surface area contributed by atoms with Crippen molar-refractivity contribution in [3.05, 3.63) is 108 Å². The molecule has 6 nitrogen and oxygen atoms in total. The molecule has 0 fully saturated rings. The van der Waals surface area contributed by atoms with Crippen molar-refractivity contribution in [2.75, 3.05) is 0 Å². The highest BCUT2D eigenvalue weighted by Gasteiger charge is 2.17. The number of hydrogen-bond acceptors (Lipinski definition) is 4. The van der Waals surface area contributed by atoms with Gasteiger partial charge in [-0.05, 0) is 34.2 Å². The molecule has 0 bridgehead atoms. The quantitative estimate of drug-likeness (QED) is 0.219. The Kier molecular flexibility index (Phi) is 6.72. The van der Waals surface area contributed by atoms with E-state index in [4.69, 9.17) is 11.0 Å². The van der Waals surface area contributed by atoms with Gasteiger partial charge in [-0.1, -0.05) is 86.1 Å². The van der Waals surface area contributed by atoms with E-state index < -0.39 is 0 Å². The molecule has 2 heterocycles. The van der Waals surface area contributed by atoms with Crippen molar-refractivity contribution in [2.45, 2.75) is 39.7 Å². The number of nitrogens with zero attached hydrogens (tertiary/aromatic N) is 5. The Bertz CT molecular complexity index is 1510. The van der Waals surface area contributed by atoms with E-state index in [1.807, 2.05) is 36.5 Å². The molecule has 0 saturated heterocycles. The van der Waals surface area contributed by atoms with Crippen LogP contribution in [0.5, 0.6) is 0 Å². The fourth-order valence-electron chi connectivity index (χ4n) is 4.34. The highest BCUT2D eigenvalue weighted by Crippen LogP contribution is 2.35.